The second-order valence-corrected chi connectivity index (χ2v) is 9.01. The average Bonchev–Trinajstić information content (AvgIpc) is 3.40. The van der Waals surface area contributed by atoms with Crippen molar-refractivity contribution < 1.29 is 24.5 Å². The van der Waals surface area contributed by atoms with Gasteiger partial charge in [0.25, 0.3) is 11.7 Å². The summed E-state index contributed by atoms with van der Waals surface area (Å²) in [4.78, 5) is 31.1. The van der Waals surface area contributed by atoms with Crippen molar-refractivity contribution in [3.63, 3.8) is 0 Å². The molecular formula is C28H23ClN2O5. The molecule has 1 aliphatic rings. The number of aromatic hydroxyl groups is 1. The van der Waals surface area contributed by atoms with Crippen LogP contribution in [0.4, 0.5) is 0 Å². The molecule has 182 valence electrons. The van der Waals surface area contributed by atoms with Gasteiger partial charge in [-0.05, 0) is 72.1 Å². The topological polar surface area (TPSA) is 103 Å². The fourth-order valence-electron chi connectivity index (χ4n) is 4.65. The predicted molar refractivity (Wildman–Crippen MR) is 137 cm³/mol. The minimum absolute atomic E-state index is 0.00620. The van der Waals surface area contributed by atoms with Gasteiger partial charge in [0.1, 0.15) is 17.3 Å². The van der Waals surface area contributed by atoms with Gasteiger partial charge in [-0.2, -0.15) is 0 Å². The molecule has 2 heterocycles. The smallest absolute Gasteiger partial charge is 0.295 e. The molecule has 3 aromatic carbocycles. The molecule has 36 heavy (non-hydrogen) atoms. The first kappa shape index (κ1) is 23.5. The number of ether oxygens (including phenoxy) is 1. The minimum Gasteiger partial charge on any atom is -0.508 e. The number of nitrogens with zero attached hydrogens (tertiary/aromatic N) is 1. The van der Waals surface area contributed by atoms with E-state index in [1.165, 1.54) is 17.0 Å². The molecule has 1 aliphatic heterocycles. The largest absolute Gasteiger partial charge is 0.508 e. The second kappa shape index (κ2) is 9.43. The predicted octanol–water partition coefficient (Wildman–Crippen LogP) is 5.20. The molecule has 0 saturated carbocycles. The fraction of sp³-hybridized carbons (Fsp3) is 0.143. The Morgan fingerprint density at radius 3 is 2.58 bits per heavy atom. The fourth-order valence-corrected chi connectivity index (χ4v) is 4.77. The first-order valence-corrected chi connectivity index (χ1v) is 11.7. The van der Waals surface area contributed by atoms with Crippen LogP contribution < -0.4 is 4.74 Å². The molecule has 0 spiro atoms. The molecule has 0 radical (unpaired) electrons. The van der Waals surface area contributed by atoms with Gasteiger partial charge < -0.3 is 24.8 Å². The molecule has 1 saturated heterocycles. The minimum atomic E-state index is -0.868. The van der Waals surface area contributed by atoms with Gasteiger partial charge in [-0.3, -0.25) is 9.59 Å². The van der Waals surface area contributed by atoms with E-state index in [-0.39, 0.29) is 23.6 Å². The molecular weight excluding hydrogens is 480 g/mol. The number of carbonyl (C=O) groups excluding carboxylic acids is 2. The zero-order chi connectivity index (χ0) is 25.4. The number of benzene rings is 3. The molecule has 1 fully saturated rings. The summed E-state index contributed by atoms with van der Waals surface area (Å²) in [5.41, 5.74) is 2.74. The van der Waals surface area contributed by atoms with E-state index in [0.29, 0.717) is 28.3 Å². The van der Waals surface area contributed by atoms with Crippen LogP contribution in [0, 0.1) is 0 Å². The maximum Gasteiger partial charge on any atom is 0.295 e. The number of phenolic OH excluding ortho intramolecular Hbond substituents is 1. The van der Waals surface area contributed by atoms with E-state index in [2.05, 4.69) is 4.98 Å². The third-order valence-electron chi connectivity index (χ3n) is 6.44. The van der Waals surface area contributed by atoms with Crippen LogP contribution in [0.3, 0.4) is 0 Å². The highest BCUT2D eigenvalue weighted by Gasteiger charge is 2.46. The first-order chi connectivity index (χ1) is 17.4. The summed E-state index contributed by atoms with van der Waals surface area (Å²) in [6, 6.07) is 17.6. The normalized spacial score (nSPS) is 17.2. The molecule has 0 aliphatic carbocycles. The Morgan fingerprint density at radius 1 is 1.08 bits per heavy atom. The van der Waals surface area contributed by atoms with E-state index < -0.39 is 17.7 Å². The highest BCUT2D eigenvalue weighted by molar-refractivity contribution is 6.46. The molecule has 0 bridgehead atoms. The Hall–Kier alpha value is -4.23. The lowest BCUT2D eigenvalue weighted by atomic mass is 9.95. The third-order valence-corrected chi connectivity index (χ3v) is 6.69. The van der Waals surface area contributed by atoms with Crippen molar-refractivity contribution in [1.82, 2.24) is 9.88 Å². The molecule has 1 atom stereocenters. The Labute approximate surface area is 212 Å². The van der Waals surface area contributed by atoms with E-state index in [9.17, 15) is 19.8 Å². The summed E-state index contributed by atoms with van der Waals surface area (Å²) in [6.45, 7) is 0.215. The van der Waals surface area contributed by atoms with E-state index in [4.69, 9.17) is 16.3 Å². The molecule has 1 amide bonds. The molecule has 3 N–H and O–H groups in total. The number of nitrogens with one attached hydrogen (secondary N) is 1. The number of carbonyl (C=O) groups is 2. The van der Waals surface area contributed by atoms with Crippen LogP contribution in [0.2, 0.25) is 5.02 Å². The number of halogens is 1. The van der Waals surface area contributed by atoms with Gasteiger partial charge >= 0.3 is 0 Å². The lowest BCUT2D eigenvalue weighted by Crippen LogP contribution is -2.31. The van der Waals surface area contributed by atoms with Crippen molar-refractivity contribution >= 4 is 40.0 Å². The maximum absolute atomic E-state index is 13.2. The number of amides is 1. The summed E-state index contributed by atoms with van der Waals surface area (Å²) >= 11 is 5.98. The highest BCUT2D eigenvalue weighted by Crippen LogP contribution is 2.40. The zero-order valence-corrected chi connectivity index (χ0v) is 20.1. The van der Waals surface area contributed by atoms with Crippen molar-refractivity contribution in [2.45, 2.75) is 12.5 Å². The third kappa shape index (κ3) is 4.18. The number of aromatic nitrogens is 1. The number of ketones is 1. The van der Waals surface area contributed by atoms with Crippen LogP contribution >= 0.6 is 11.6 Å². The van der Waals surface area contributed by atoms with Crippen molar-refractivity contribution in [2.24, 2.45) is 0 Å². The number of phenols is 1. The number of fused-ring (bicyclic) bond motifs is 1. The van der Waals surface area contributed by atoms with E-state index >= 15 is 0 Å². The number of H-pyrrole nitrogens is 1. The number of hydrogen-bond acceptors (Lipinski definition) is 5. The number of aliphatic hydroxyl groups is 1. The van der Waals surface area contributed by atoms with Crippen LogP contribution in [-0.4, -0.2) is 45.4 Å². The first-order valence-electron chi connectivity index (χ1n) is 11.3. The number of aromatic amines is 1. The lowest BCUT2D eigenvalue weighted by molar-refractivity contribution is -0.139. The molecule has 5 rings (SSSR count). The quantitative estimate of drug-likeness (QED) is 0.191. The number of likely N-dealkylation sites (tertiary alicyclic amines) is 1. The molecule has 4 aromatic rings. The van der Waals surface area contributed by atoms with Gasteiger partial charge in [0, 0.05) is 34.2 Å². The van der Waals surface area contributed by atoms with E-state index in [1.807, 2.05) is 24.4 Å². The van der Waals surface area contributed by atoms with Crippen LogP contribution in [0.25, 0.3) is 16.7 Å². The summed E-state index contributed by atoms with van der Waals surface area (Å²) in [5, 5.41) is 22.7. The van der Waals surface area contributed by atoms with Crippen molar-refractivity contribution in [3.05, 3.63) is 100 Å². The molecule has 0 unspecified atom stereocenters. The van der Waals surface area contributed by atoms with Crippen LogP contribution in [0.1, 0.15) is 22.7 Å². The number of Topliss-reactive ketones (excluding diaryl/α,β-unsaturated/α-hetero) is 1. The summed E-state index contributed by atoms with van der Waals surface area (Å²) in [6.07, 6.45) is 2.33. The van der Waals surface area contributed by atoms with Crippen molar-refractivity contribution in [1.29, 1.82) is 0 Å². The van der Waals surface area contributed by atoms with Crippen molar-refractivity contribution in [2.75, 3.05) is 13.7 Å². The van der Waals surface area contributed by atoms with Gasteiger partial charge in [-0.1, -0.05) is 23.7 Å². The van der Waals surface area contributed by atoms with E-state index in [1.54, 1.807) is 43.5 Å². The van der Waals surface area contributed by atoms with Gasteiger partial charge in [0.15, 0.2) is 0 Å². The standard InChI is InChI=1S/C28H23ClN2O5/c1-36-21-9-10-23-22(14-21)18(15-30-23)11-12-31-25(17-3-2-4-20(32)13-17)24(27(34)28(31)35)26(33)16-5-7-19(29)8-6-16/h2-10,13-15,25,30,32-33H,11-12H2,1H3/t25-/m1/s1. The summed E-state index contributed by atoms with van der Waals surface area (Å²) in [7, 11) is 1.60. The second-order valence-electron chi connectivity index (χ2n) is 8.57. The monoisotopic (exact) mass is 502 g/mol. The molecule has 7 nitrogen and oxygen atoms in total. The van der Waals surface area contributed by atoms with E-state index in [0.717, 1.165) is 16.5 Å². The highest BCUT2D eigenvalue weighted by atomic mass is 35.5. The Bertz CT molecular complexity index is 1510. The van der Waals surface area contributed by atoms with Gasteiger partial charge in [0.05, 0.1) is 18.7 Å². The zero-order valence-electron chi connectivity index (χ0n) is 19.4. The Balaban J connectivity index is 1.56. The molecule has 8 heteroatoms. The number of hydrogen-bond donors (Lipinski definition) is 3. The van der Waals surface area contributed by atoms with Gasteiger partial charge in [-0.25, -0.2) is 0 Å². The van der Waals surface area contributed by atoms with Gasteiger partial charge in [-0.15, -0.1) is 0 Å². The molecule has 1 aromatic heterocycles. The summed E-state index contributed by atoms with van der Waals surface area (Å²) in [5.74, 6) is -1.08. The lowest BCUT2D eigenvalue weighted by Gasteiger charge is -2.25. The Morgan fingerprint density at radius 2 is 1.86 bits per heavy atom. The Kier molecular flexibility index (Phi) is 6.16. The number of methoxy groups -OCH3 is 1. The average molecular weight is 503 g/mol. The SMILES string of the molecule is COc1ccc2[nH]cc(CCN3C(=O)C(=O)C(=C(O)c4ccc(Cl)cc4)[C@H]3c3cccc(O)c3)c2c1. The van der Waals surface area contributed by atoms with Crippen molar-refractivity contribution in [3.8, 4) is 11.5 Å². The number of rotatable bonds is 6. The van der Waals surface area contributed by atoms with Crippen LogP contribution in [0.5, 0.6) is 11.5 Å². The summed E-state index contributed by atoms with van der Waals surface area (Å²) < 4.78 is 5.34. The van der Waals surface area contributed by atoms with Crippen LogP contribution in [-0.2, 0) is 16.0 Å². The van der Waals surface area contributed by atoms with Crippen LogP contribution in [0.15, 0.2) is 78.5 Å². The number of aliphatic hydroxyl groups excluding tert-OH is 1. The van der Waals surface area contributed by atoms with Gasteiger partial charge in [0.2, 0.25) is 0 Å². The maximum atomic E-state index is 13.2.